The van der Waals surface area contributed by atoms with Crippen LogP contribution in [-0.2, 0) is 19.1 Å². The zero-order valence-electron chi connectivity index (χ0n) is 12.7. The number of hydrogen-bond acceptors (Lipinski definition) is 5. The number of ether oxygens (including phenoxy) is 2. The van der Waals surface area contributed by atoms with Gasteiger partial charge in [0.05, 0.1) is 0 Å². The summed E-state index contributed by atoms with van der Waals surface area (Å²) in [5.74, 6) is -0.994. The van der Waals surface area contributed by atoms with E-state index in [9.17, 15) is 9.59 Å². The van der Waals surface area contributed by atoms with Crippen LogP contribution < -0.4 is 4.46 Å². The molecular weight excluding hydrogens is 363 g/mol. The number of carbonyl (C=O) groups is 2. The Morgan fingerprint density at radius 2 is 1.96 bits per heavy atom. The van der Waals surface area contributed by atoms with Gasteiger partial charge in [-0.2, -0.15) is 0 Å². The summed E-state index contributed by atoms with van der Waals surface area (Å²) in [4.78, 5) is 25.0. The first-order valence-electron chi connectivity index (χ1n) is 7.16. The number of methoxy groups -OCH3 is 1. The van der Waals surface area contributed by atoms with Crippen LogP contribution in [0.1, 0.15) is 18.8 Å². The van der Waals surface area contributed by atoms with Gasteiger partial charge in [-0.25, -0.2) is 0 Å². The molecule has 0 unspecified atom stereocenters. The Kier molecular flexibility index (Phi) is 4.28. The first kappa shape index (κ1) is 15.8. The van der Waals surface area contributed by atoms with E-state index in [4.69, 9.17) is 13.9 Å². The van der Waals surface area contributed by atoms with Gasteiger partial charge in [-0.1, -0.05) is 0 Å². The summed E-state index contributed by atoms with van der Waals surface area (Å²) in [6.45, 7) is 1.72. The molecule has 1 saturated heterocycles. The predicted molar refractivity (Wildman–Crippen MR) is 83.2 cm³/mol. The molecule has 0 bridgehead atoms. The van der Waals surface area contributed by atoms with E-state index in [0.29, 0.717) is 5.76 Å². The van der Waals surface area contributed by atoms with Crippen LogP contribution in [0.3, 0.4) is 0 Å². The molecule has 1 aromatic heterocycles. The van der Waals surface area contributed by atoms with Crippen molar-refractivity contribution in [3.8, 4) is 0 Å². The van der Waals surface area contributed by atoms with Gasteiger partial charge in [0, 0.05) is 0 Å². The molecule has 1 aliphatic heterocycles. The third-order valence-electron chi connectivity index (χ3n) is 3.96. The van der Waals surface area contributed by atoms with Gasteiger partial charge in [0.25, 0.3) is 0 Å². The van der Waals surface area contributed by atoms with Crippen LogP contribution in [0.5, 0.6) is 0 Å². The van der Waals surface area contributed by atoms with Crippen LogP contribution in [0.15, 0.2) is 53.1 Å². The molecule has 1 aromatic carbocycles. The van der Waals surface area contributed by atoms with Crippen LogP contribution in [0.4, 0.5) is 0 Å². The molecule has 1 aliphatic rings. The molecular formula is C17H16O5Se. The predicted octanol–water partition coefficient (Wildman–Crippen LogP) is 1.87. The molecule has 0 radical (unpaired) electrons. The zero-order valence-corrected chi connectivity index (χ0v) is 14.4. The van der Waals surface area contributed by atoms with Crippen LogP contribution in [0.2, 0.25) is 4.31 Å². The fourth-order valence-electron chi connectivity index (χ4n) is 2.73. The SMILES string of the molecule is COC(=O)[C@]1([Se]c2ccccc2)[C@H](C)C(=O)O[C@@H]1c1ccco1. The Labute approximate surface area is 140 Å². The van der Waals surface area contributed by atoms with Crippen molar-refractivity contribution < 1.29 is 23.5 Å². The molecule has 0 saturated carbocycles. The number of carbonyl (C=O) groups excluding carboxylic acids is 2. The second kappa shape index (κ2) is 6.22. The van der Waals surface area contributed by atoms with Crippen molar-refractivity contribution in [3.63, 3.8) is 0 Å². The molecule has 2 heterocycles. The second-order valence-electron chi connectivity index (χ2n) is 5.25. The van der Waals surface area contributed by atoms with Gasteiger partial charge in [-0.15, -0.1) is 0 Å². The minimum absolute atomic E-state index is 0.371. The number of hydrogen-bond donors (Lipinski definition) is 0. The first-order chi connectivity index (χ1) is 11.1. The third kappa shape index (κ3) is 2.58. The summed E-state index contributed by atoms with van der Waals surface area (Å²) in [7, 11) is 1.33. The Morgan fingerprint density at radius 1 is 1.22 bits per heavy atom. The van der Waals surface area contributed by atoms with Crippen LogP contribution in [0.25, 0.3) is 0 Å². The average Bonchev–Trinajstić information content (AvgIpc) is 3.18. The molecule has 0 N–H and O–H groups in total. The zero-order chi connectivity index (χ0) is 16.4. The van der Waals surface area contributed by atoms with Gasteiger partial charge in [-0.3, -0.25) is 0 Å². The standard InChI is InChI=1S/C17H16O5Se/c1-11-15(18)22-14(13-9-6-10-21-13)17(11,16(19)20-2)23-12-7-4-3-5-8-12/h3-11,14H,1-2H3/t11-,14-,17+/m1/s1. The maximum absolute atomic E-state index is 12.7. The topological polar surface area (TPSA) is 65.7 Å². The molecule has 23 heavy (non-hydrogen) atoms. The summed E-state index contributed by atoms with van der Waals surface area (Å²) in [6.07, 6.45) is 0.733. The summed E-state index contributed by atoms with van der Waals surface area (Å²) in [5.41, 5.74) is 0. The van der Waals surface area contributed by atoms with Gasteiger partial charge < -0.3 is 0 Å². The number of esters is 2. The van der Waals surface area contributed by atoms with Gasteiger partial charge in [-0.05, 0) is 0 Å². The first-order valence-corrected chi connectivity index (χ1v) is 8.87. The number of benzene rings is 1. The van der Waals surface area contributed by atoms with Crippen molar-refractivity contribution in [1.29, 1.82) is 0 Å². The fraction of sp³-hybridized carbons (Fsp3) is 0.294. The monoisotopic (exact) mass is 380 g/mol. The van der Waals surface area contributed by atoms with Crippen molar-refractivity contribution >= 4 is 31.4 Å². The molecule has 0 amide bonds. The molecule has 3 rings (SSSR count). The summed E-state index contributed by atoms with van der Waals surface area (Å²) >= 11 is -0.371. The molecule has 2 aromatic rings. The van der Waals surface area contributed by atoms with E-state index in [1.807, 2.05) is 30.3 Å². The molecule has 120 valence electrons. The minimum atomic E-state index is -1.09. The van der Waals surface area contributed by atoms with E-state index in [2.05, 4.69) is 0 Å². The Balaban J connectivity index is 2.11. The van der Waals surface area contributed by atoms with E-state index in [1.54, 1.807) is 19.1 Å². The Hall–Kier alpha value is -2.04. The summed E-state index contributed by atoms with van der Waals surface area (Å²) < 4.78 is 15.9. The van der Waals surface area contributed by atoms with Gasteiger partial charge in [0.1, 0.15) is 0 Å². The second-order valence-corrected chi connectivity index (χ2v) is 8.09. The van der Waals surface area contributed by atoms with E-state index in [-0.39, 0.29) is 15.0 Å². The molecule has 0 aliphatic carbocycles. The quantitative estimate of drug-likeness (QED) is 0.600. The van der Waals surface area contributed by atoms with Crippen LogP contribution >= 0.6 is 0 Å². The molecule has 6 heteroatoms. The van der Waals surface area contributed by atoms with E-state index < -0.39 is 28.3 Å². The summed E-state index contributed by atoms with van der Waals surface area (Å²) in [5, 5.41) is 0. The van der Waals surface area contributed by atoms with Crippen molar-refractivity contribution in [2.24, 2.45) is 5.92 Å². The van der Waals surface area contributed by atoms with Gasteiger partial charge in [0.15, 0.2) is 0 Å². The Morgan fingerprint density at radius 3 is 2.57 bits per heavy atom. The normalized spacial score (nSPS) is 26.8. The van der Waals surface area contributed by atoms with E-state index in [0.717, 1.165) is 4.46 Å². The maximum atomic E-state index is 12.7. The number of rotatable bonds is 4. The van der Waals surface area contributed by atoms with E-state index >= 15 is 0 Å². The molecule has 3 atom stereocenters. The Bertz CT molecular complexity index is 697. The van der Waals surface area contributed by atoms with Crippen LogP contribution in [0, 0.1) is 5.92 Å². The summed E-state index contributed by atoms with van der Waals surface area (Å²) in [6, 6.07) is 13.0. The molecule has 5 nitrogen and oxygen atoms in total. The fourth-order valence-corrected chi connectivity index (χ4v) is 5.65. The van der Waals surface area contributed by atoms with Gasteiger partial charge >= 0.3 is 140 Å². The van der Waals surface area contributed by atoms with Crippen molar-refractivity contribution in [3.05, 3.63) is 54.5 Å². The van der Waals surface area contributed by atoms with Crippen molar-refractivity contribution in [2.75, 3.05) is 7.11 Å². The van der Waals surface area contributed by atoms with Gasteiger partial charge in [0.2, 0.25) is 0 Å². The number of furan rings is 1. The van der Waals surface area contributed by atoms with Crippen molar-refractivity contribution in [1.82, 2.24) is 0 Å². The number of cyclic esters (lactones) is 1. The molecule has 0 spiro atoms. The molecule has 1 fully saturated rings. The average molecular weight is 379 g/mol. The van der Waals surface area contributed by atoms with E-state index in [1.165, 1.54) is 13.4 Å². The van der Waals surface area contributed by atoms with Crippen LogP contribution in [-0.4, -0.2) is 34.0 Å². The third-order valence-corrected chi connectivity index (χ3v) is 7.27. The van der Waals surface area contributed by atoms with Crippen molar-refractivity contribution in [2.45, 2.75) is 17.3 Å².